The topological polar surface area (TPSA) is 54.9 Å². The van der Waals surface area contributed by atoms with E-state index >= 15 is 0 Å². The second kappa shape index (κ2) is 5.31. The van der Waals surface area contributed by atoms with Gasteiger partial charge in [-0.05, 0) is 25.5 Å². The van der Waals surface area contributed by atoms with Gasteiger partial charge in [0, 0.05) is 17.4 Å². The molecule has 0 spiro atoms. The Labute approximate surface area is 108 Å². The van der Waals surface area contributed by atoms with Crippen LogP contribution in [0.25, 0.3) is 0 Å². The molecule has 6 heteroatoms. The van der Waals surface area contributed by atoms with Gasteiger partial charge in [-0.25, -0.2) is 4.79 Å². The van der Waals surface area contributed by atoms with Gasteiger partial charge in [0.05, 0.1) is 0 Å². The fourth-order valence-corrected chi connectivity index (χ4v) is 3.38. The molecular weight excluding hydrogens is 260 g/mol. The summed E-state index contributed by atoms with van der Waals surface area (Å²) in [5.41, 5.74) is -0.695. The molecule has 1 aromatic heterocycles. The van der Waals surface area contributed by atoms with Gasteiger partial charge < -0.3 is 0 Å². The molecule has 0 amide bonds. The Balaban J connectivity index is 2.34. The Morgan fingerprint density at radius 1 is 1.47 bits per heavy atom. The second-order valence-electron chi connectivity index (χ2n) is 4.31. The third-order valence-electron chi connectivity index (χ3n) is 3.23. The molecule has 1 saturated carbocycles. The van der Waals surface area contributed by atoms with E-state index in [9.17, 15) is 9.59 Å². The van der Waals surface area contributed by atoms with Crippen LogP contribution in [0.4, 0.5) is 0 Å². The number of hydrogen-bond donors (Lipinski definition) is 1. The zero-order chi connectivity index (χ0) is 12.4. The number of aromatic amines is 1. The lowest BCUT2D eigenvalue weighted by atomic mass is 9.95. The van der Waals surface area contributed by atoms with Gasteiger partial charge in [0.15, 0.2) is 0 Å². The molecule has 2 rings (SSSR count). The SMILES string of the molecule is CSC1CCCC(n2c(=O)cc(Cl)[nH]c2=O)C1. The molecule has 1 N–H and O–H groups in total. The van der Waals surface area contributed by atoms with Crippen molar-refractivity contribution >= 4 is 23.4 Å². The maximum Gasteiger partial charge on any atom is 0.329 e. The van der Waals surface area contributed by atoms with E-state index in [0.29, 0.717) is 5.25 Å². The number of H-pyrrole nitrogens is 1. The van der Waals surface area contributed by atoms with Crippen LogP contribution in [0.3, 0.4) is 0 Å². The van der Waals surface area contributed by atoms with Gasteiger partial charge >= 0.3 is 5.69 Å². The van der Waals surface area contributed by atoms with Gasteiger partial charge in [-0.2, -0.15) is 11.8 Å². The molecule has 94 valence electrons. The second-order valence-corrected chi connectivity index (χ2v) is 5.85. The summed E-state index contributed by atoms with van der Waals surface area (Å²) in [7, 11) is 0. The van der Waals surface area contributed by atoms with Crippen molar-refractivity contribution in [1.82, 2.24) is 9.55 Å². The fourth-order valence-electron chi connectivity index (χ4n) is 2.39. The highest BCUT2D eigenvalue weighted by molar-refractivity contribution is 7.99. The average molecular weight is 275 g/mol. The number of thioether (sulfide) groups is 1. The Bertz CT molecular complexity index is 480. The van der Waals surface area contributed by atoms with E-state index in [4.69, 9.17) is 11.6 Å². The Morgan fingerprint density at radius 3 is 2.88 bits per heavy atom. The number of halogens is 1. The minimum atomic E-state index is -0.394. The summed E-state index contributed by atoms with van der Waals surface area (Å²) in [5, 5.41) is 0.643. The maximum absolute atomic E-state index is 11.8. The molecule has 0 radical (unpaired) electrons. The van der Waals surface area contributed by atoms with E-state index < -0.39 is 5.69 Å². The van der Waals surface area contributed by atoms with E-state index in [1.807, 2.05) is 0 Å². The summed E-state index contributed by atoms with van der Waals surface area (Å²) in [6, 6.07) is 1.28. The normalized spacial score (nSPS) is 24.8. The smallest absolute Gasteiger partial charge is 0.298 e. The van der Waals surface area contributed by atoms with Crippen molar-refractivity contribution in [2.24, 2.45) is 0 Å². The zero-order valence-electron chi connectivity index (χ0n) is 9.61. The standard InChI is InChI=1S/C11H15ClN2O2S/c1-17-8-4-2-3-7(5-8)14-10(15)6-9(12)13-11(14)16/h6-8H,2-5H2,1H3,(H,13,16). The van der Waals surface area contributed by atoms with Crippen LogP contribution in [0.5, 0.6) is 0 Å². The summed E-state index contributed by atoms with van der Waals surface area (Å²) in [4.78, 5) is 26.1. The molecule has 2 atom stereocenters. The van der Waals surface area contributed by atoms with Gasteiger partial charge in [0.25, 0.3) is 5.56 Å². The summed E-state index contributed by atoms with van der Waals surface area (Å²) in [6.07, 6.45) is 6.07. The lowest BCUT2D eigenvalue weighted by Crippen LogP contribution is -2.39. The highest BCUT2D eigenvalue weighted by Gasteiger charge is 2.24. The molecule has 17 heavy (non-hydrogen) atoms. The van der Waals surface area contributed by atoms with Gasteiger partial charge in [-0.15, -0.1) is 0 Å². The molecule has 1 aliphatic carbocycles. The van der Waals surface area contributed by atoms with Crippen LogP contribution in [-0.2, 0) is 0 Å². The quantitative estimate of drug-likeness (QED) is 0.840. The third kappa shape index (κ3) is 2.77. The van der Waals surface area contributed by atoms with E-state index in [-0.39, 0.29) is 16.8 Å². The van der Waals surface area contributed by atoms with Crippen LogP contribution in [0.2, 0.25) is 5.15 Å². The summed E-state index contributed by atoms with van der Waals surface area (Å²) >= 11 is 7.45. The minimum absolute atomic E-state index is 0.00900. The predicted octanol–water partition coefficient (Wildman–Crippen LogP) is 2.04. The van der Waals surface area contributed by atoms with Crippen LogP contribution in [0.15, 0.2) is 15.7 Å². The number of rotatable bonds is 2. The largest absolute Gasteiger partial charge is 0.329 e. The molecule has 1 aliphatic rings. The van der Waals surface area contributed by atoms with Crippen molar-refractivity contribution in [3.63, 3.8) is 0 Å². The molecule has 4 nitrogen and oxygen atoms in total. The van der Waals surface area contributed by atoms with Crippen LogP contribution in [0, 0.1) is 0 Å². The highest BCUT2D eigenvalue weighted by Crippen LogP contribution is 2.32. The third-order valence-corrected chi connectivity index (χ3v) is 4.53. The van der Waals surface area contributed by atoms with Crippen molar-refractivity contribution in [2.75, 3.05) is 6.26 Å². The molecule has 0 bridgehead atoms. The van der Waals surface area contributed by atoms with Crippen LogP contribution < -0.4 is 11.2 Å². The first-order valence-electron chi connectivity index (χ1n) is 5.66. The first kappa shape index (κ1) is 12.8. The molecule has 2 unspecified atom stereocenters. The van der Waals surface area contributed by atoms with Crippen LogP contribution in [-0.4, -0.2) is 21.1 Å². The highest BCUT2D eigenvalue weighted by atomic mass is 35.5. The molecule has 0 aromatic carbocycles. The van der Waals surface area contributed by atoms with Crippen LogP contribution in [0.1, 0.15) is 31.7 Å². The Kier molecular flexibility index (Phi) is 3.99. The summed E-state index contributed by atoms with van der Waals surface area (Å²) in [5.74, 6) is 0. The van der Waals surface area contributed by atoms with Gasteiger partial charge in [-0.1, -0.05) is 18.0 Å². The molecule has 0 aliphatic heterocycles. The van der Waals surface area contributed by atoms with Gasteiger partial charge in [0.1, 0.15) is 5.15 Å². The van der Waals surface area contributed by atoms with E-state index in [1.165, 1.54) is 10.6 Å². The monoisotopic (exact) mass is 274 g/mol. The first-order chi connectivity index (χ1) is 8.11. The lowest BCUT2D eigenvalue weighted by molar-refractivity contribution is 0.343. The fraction of sp³-hybridized carbons (Fsp3) is 0.636. The van der Waals surface area contributed by atoms with Gasteiger partial charge in [0.2, 0.25) is 0 Å². The maximum atomic E-state index is 11.8. The molecule has 1 fully saturated rings. The summed E-state index contributed by atoms with van der Waals surface area (Å²) < 4.78 is 1.31. The van der Waals surface area contributed by atoms with Crippen molar-refractivity contribution < 1.29 is 0 Å². The van der Waals surface area contributed by atoms with Crippen molar-refractivity contribution in [1.29, 1.82) is 0 Å². The molecule has 0 saturated heterocycles. The van der Waals surface area contributed by atoms with E-state index in [1.54, 1.807) is 11.8 Å². The Morgan fingerprint density at radius 2 is 2.24 bits per heavy atom. The number of hydrogen-bond acceptors (Lipinski definition) is 3. The van der Waals surface area contributed by atoms with Crippen LogP contribution >= 0.6 is 23.4 Å². The van der Waals surface area contributed by atoms with Gasteiger partial charge in [-0.3, -0.25) is 14.3 Å². The average Bonchev–Trinajstić information content (AvgIpc) is 2.28. The van der Waals surface area contributed by atoms with Crippen molar-refractivity contribution in [3.8, 4) is 0 Å². The lowest BCUT2D eigenvalue weighted by Gasteiger charge is -2.28. The Hall–Kier alpha value is -0.680. The molecule has 1 heterocycles. The first-order valence-corrected chi connectivity index (χ1v) is 7.32. The zero-order valence-corrected chi connectivity index (χ0v) is 11.2. The number of nitrogens with zero attached hydrogens (tertiary/aromatic N) is 1. The van der Waals surface area contributed by atoms with E-state index in [0.717, 1.165) is 25.7 Å². The summed E-state index contributed by atoms with van der Waals surface area (Å²) in [6.45, 7) is 0. The van der Waals surface area contributed by atoms with E-state index in [2.05, 4.69) is 11.2 Å². The van der Waals surface area contributed by atoms with Crippen molar-refractivity contribution in [2.45, 2.75) is 37.0 Å². The molecule has 1 aromatic rings. The molecular formula is C11H15ClN2O2S. The predicted molar refractivity (Wildman–Crippen MR) is 71.1 cm³/mol. The van der Waals surface area contributed by atoms with Crippen molar-refractivity contribution in [3.05, 3.63) is 32.1 Å². The minimum Gasteiger partial charge on any atom is -0.298 e. The number of aromatic nitrogens is 2. The number of nitrogens with one attached hydrogen (secondary N) is 1.